The van der Waals surface area contributed by atoms with Crippen LogP contribution in [0.2, 0.25) is 0 Å². The molecular weight excluding hydrogens is 224 g/mol. The molecule has 0 aliphatic carbocycles. The first-order chi connectivity index (χ1) is 6.66. The molecule has 0 amide bonds. The van der Waals surface area contributed by atoms with Gasteiger partial charge in [-0.25, -0.2) is 30.4 Å². The molecule has 0 saturated carbocycles. The van der Waals surface area contributed by atoms with Crippen molar-refractivity contribution in [3.05, 3.63) is 0 Å². The molecule has 2 N–H and O–H groups in total. The highest BCUT2D eigenvalue weighted by molar-refractivity contribution is 7.78. The molecule has 0 atom stereocenters. The van der Waals surface area contributed by atoms with E-state index in [2.05, 4.69) is 39.6 Å². The third kappa shape index (κ3) is 7000. The van der Waals surface area contributed by atoms with E-state index in [0.29, 0.717) is 0 Å². The molecule has 0 aliphatic heterocycles. The van der Waals surface area contributed by atoms with Crippen LogP contribution in [0.15, 0.2) is 9.98 Å². The van der Waals surface area contributed by atoms with E-state index in [1.807, 2.05) is 0 Å². The van der Waals surface area contributed by atoms with Gasteiger partial charge in [0, 0.05) is 14.1 Å². The molecule has 0 spiro atoms. The Kier molecular flexibility index (Phi) is 105. The first-order valence-electron chi connectivity index (χ1n) is 2.66. The summed E-state index contributed by atoms with van der Waals surface area (Å²) in [6, 6.07) is 0. The second kappa shape index (κ2) is 64.1. The minimum absolute atomic E-state index is 0.750. The van der Waals surface area contributed by atoms with Crippen molar-refractivity contribution < 1.29 is 9.59 Å². The van der Waals surface area contributed by atoms with Crippen LogP contribution >= 0.6 is 24.4 Å². The monoisotopic (exact) mass is 232 g/mol. The Bertz CT molecular complexity index is 227. The van der Waals surface area contributed by atoms with Crippen LogP contribution < -0.4 is 0 Å². The third-order valence-electron chi connectivity index (χ3n) is 0.183. The van der Waals surface area contributed by atoms with Gasteiger partial charge in [-0.3, -0.25) is 0 Å². The highest BCUT2D eigenvalue weighted by Crippen LogP contribution is 1.36. The van der Waals surface area contributed by atoms with Gasteiger partial charge in [0.2, 0.25) is 12.2 Å². The number of isothiocyanates is 2. The largest absolute Gasteiger partial charge is 0.248 e. The Morgan fingerprint density at radius 1 is 1.07 bits per heavy atom. The third-order valence-corrected chi connectivity index (χ3v) is 0.365. The second-order valence-corrected chi connectivity index (χ2v) is 1.22. The summed E-state index contributed by atoms with van der Waals surface area (Å²) in [7, 11) is 2.97. The summed E-state index contributed by atoms with van der Waals surface area (Å²) in [6.45, 7) is 0. The van der Waals surface area contributed by atoms with Gasteiger partial charge in [0.25, 0.3) is 0 Å². The molecule has 0 aromatic carbocycles. The van der Waals surface area contributed by atoms with E-state index < -0.39 is 0 Å². The Morgan fingerprint density at radius 2 is 1.21 bits per heavy atom. The quantitative estimate of drug-likeness (QED) is 0.372. The van der Waals surface area contributed by atoms with Crippen molar-refractivity contribution >= 4 is 46.9 Å². The minimum Gasteiger partial charge on any atom is -0.248 e. The van der Waals surface area contributed by atoms with Gasteiger partial charge in [-0.2, -0.15) is 0 Å². The van der Waals surface area contributed by atoms with Crippen LogP contribution in [0.1, 0.15) is 0 Å². The molecule has 0 aromatic rings. The summed E-state index contributed by atoms with van der Waals surface area (Å²) in [6.07, 6.45) is 2.06. The Labute approximate surface area is 91.8 Å². The zero-order chi connectivity index (χ0) is 12.2. The van der Waals surface area contributed by atoms with Crippen molar-refractivity contribution in [2.75, 3.05) is 14.1 Å². The maximum Gasteiger partial charge on any atom is 0.234 e. The summed E-state index contributed by atoms with van der Waals surface area (Å²) in [5.41, 5.74) is 0. The first-order valence-corrected chi connectivity index (χ1v) is 3.47. The second-order valence-electron chi connectivity index (χ2n) is 0.834. The van der Waals surface area contributed by atoms with E-state index >= 15 is 0 Å². The van der Waals surface area contributed by atoms with Crippen LogP contribution in [0.3, 0.4) is 0 Å². The van der Waals surface area contributed by atoms with E-state index in [4.69, 9.17) is 20.4 Å². The van der Waals surface area contributed by atoms with Crippen molar-refractivity contribution in [3.63, 3.8) is 0 Å². The zero-order valence-electron chi connectivity index (χ0n) is 7.53. The number of thiocarbonyl (C=S) groups is 2. The normalized spacial score (nSPS) is 3.57. The summed E-state index contributed by atoms with van der Waals surface area (Å²) in [5, 5.41) is 14.9. The fourth-order valence-corrected chi connectivity index (χ4v) is 0. The molecule has 14 heavy (non-hydrogen) atoms. The SMILES string of the molecule is CN=C=O.CN=C=S.N=C=O.N=C=S. The number of rotatable bonds is 0. The Hall–Kier alpha value is -1.64. The fourth-order valence-electron chi connectivity index (χ4n) is 0. The number of aliphatic imine (C=N–C) groups is 2. The highest BCUT2D eigenvalue weighted by Gasteiger charge is 1.29. The molecule has 0 unspecified atom stereocenters. The summed E-state index contributed by atoms with van der Waals surface area (Å²) in [5.74, 6) is 0. The number of nitrogens with one attached hydrogen (secondary N) is 2. The van der Waals surface area contributed by atoms with Gasteiger partial charge in [0.15, 0.2) is 0 Å². The molecule has 8 heteroatoms. The van der Waals surface area contributed by atoms with Crippen molar-refractivity contribution in [3.8, 4) is 0 Å². The van der Waals surface area contributed by atoms with Crippen LogP contribution in [0, 0.1) is 10.8 Å². The molecule has 0 saturated heterocycles. The highest BCUT2D eigenvalue weighted by atomic mass is 32.1. The molecule has 0 radical (unpaired) electrons. The van der Waals surface area contributed by atoms with E-state index in [1.165, 1.54) is 13.1 Å². The predicted molar refractivity (Wildman–Crippen MR) is 58.7 cm³/mol. The zero-order valence-corrected chi connectivity index (χ0v) is 9.16. The van der Waals surface area contributed by atoms with Crippen LogP contribution in [-0.2, 0) is 9.59 Å². The van der Waals surface area contributed by atoms with Crippen molar-refractivity contribution in [2.45, 2.75) is 0 Å². The molecular formula is C6H8N4O2S2. The summed E-state index contributed by atoms with van der Waals surface area (Å²) < 4.78 is 0. The average molecular weight is 232 g/mol. The van der Waals surface area contributed by atoms with Crippen LogP contribution in [0.25, 0.3) is 0 Å². The maximum atomic E-state index is 8.88. The fraction of sp³-hybridized carbons (Fsp3) is 0.333. The van der Waals surface area contributed by atoms with Crippen molar-refractivity contribution in [1.29, 1.82) is 10.8 Å². The molecule has 0 bridgehead atoms. The van der Waals surface area contributed by atoms with Gasteiger partial charge in [-0.05, 0) is 24.4 Å². The first kappa shape index (κ1) is 22.8. The van der Waals surface area contributed by atoms with Gasteiger partial charge in [-0.1, -0.05) is 0 Å². The van der Waals surface area contributed by atoms with Crippen molar-refractivity contribution in [1.82, 2.24) is 0 Å². The van der Waals surface area contributed by atoms with E-state index in [1.54, 1.807) is 12.2 Å². The lowest BCUT2D eigenvalue weighted by Gasteiger charge is -1.39. The number of hydrogen-bond acceptors (Lipinski definition) is 8. The number of hydrogen-bond donors (Lipinski definition) is 2. The number of nitrogens with zero attached hydrogens (tertiary/aromatic N) is 2. The lowest BCUT2D eigenvalue weighted by atomic mass is 11.4. The smallest absolute Gasteiger partial charge is 0.234 e. The molecule has 0 rings (SSSR count). The Balaban J connectivity index is -0.0000000482. The molecule has 0 aliphatic rings. The van der Waals surface area contributed by atoms with Crippen LogP contribution in [-0.4, -0.2) is 36.6 Å². The summed E-state index contributed by atoms with van der Waals surface area (Å²) in [4.78, 5) is 23.5. The van der Waals surface area contributed by atoms with Crippen molar-refractivity contribution in [2.24, 2.45) is 9.98 Å². The summed E-state index contributed by atoms with van der Waals surface area (Å²) >= 11 is 7.95. The molecule has 0 heterocycles. The topological polar surface area (TPSA) is 107 Å². The van der Waals surface area contributed by atoms with Gasteiger partial charge in [0.1, 0.15) is 0 Å². The standard InChI is InChI=1S/C2H3NO.C2H3NS.CHNO.CHNS/c2*1-3-2-4;2*2-1-3/h2*1H3;2*2H. The predicted octanol–water partition coefficient (Wildman–Crippen LogP) is 1.24. The van der Waals surface area contributed by atoms with Gasteiger partial charge < -0.3 is 0 Å². The molecule has 0 aromatic heterocycles. The molecule has 6 nitrogen and oxygen atoms in total. The number of isocyanates is 2. The van der Waals surface area contributed by atoms with E-state index in [9.17, 15) is 0 Å². The number of carbonyl (C=O) groups excluding carboxylic acids is 2. The van der Waals surface area contributed by atoms with Gasteiger partial charge in [-0.15, -0.1) is 0 Å². The van der Waals surface area contributed by atoms with Crippen LogP contribution in [0.4, 0.5) is 0 Å². The van der Waals surface area contributed by atoms with E-state index in [-0.39, 0.29) is 0 Å². The lowest BCUT2D eigenvalue weighted by Crippen LogP contribution is -1.38. The maximum absolute atomic E-state index is 8.88. The molecule has 76 valence electrons. The van der Waals surface area contributed by atoms with Crippen LogP contribution in [0.5, 0.6) is 0 Å². The minimum atomic E-state index is 0.750. The Morgan fingerprint density at radius 3 is 1.21 bits per heavy atom. The van der Waals surface area contributed by atoms with Gasteiger partial charge in [0.05, 0.1) is 10.3 Å². The van der Waals surface area contributed by atoms with Gasteiger partial charge >= 0.3 is 0 Å². The lowest BCUT2D eigenvalue weighted by molar-refractivity contribution is 0.562. The average Bonchev–Trinajstić information content (AvgIpc) is 2.20. The van der Waals surface area contributed by atoms with E-state index in [0.717, 1.165) is 6.08 Å². The molecule has 0 fully saturated rings.